The van der Waals surface area contributed by atoms with Crippen LogP contribution in [-0.2, 0) is 13.0 Å². The summed E-state index contributed by atoms with van der Waals surface area (Å²) in [7, 11) is 0. The molecule has 0 spiro atoms. The molecule has 1 aliphatic heterocycles. The van der Waals surface area contributed by atoms with Crippen LogP contribution in [0, 0.1) is 11.8 Å². The largest absolute Gasteiger partial charge is 0.348 e. The summed E-state index contributed by atoms with van der Waals surface area (Å²) in [6.07, 6.45) is 5.02. The van der Waals surface area contributed by atoms with Gasteiger partial charge >= 0.3 is 0 Å². The van der Waals surface area contributed by atoms with Gasteiger partial charge in [-0.15, -0.1) is 11.3 Å². The molecule has 2 atom stereocenters. The lowest BCUT2D eigenvalue weighted by Crippen LogP contribution is -2.19. The Bertz CT molecular complexity index is 443. The Kier molecular flexibility index (Phi) is 4.32. The van der Waals surface area contributed by atoms with Gasteiger partial charge in [-0.2, -0.15) is 0 Å². The summed E-state index contributed by atoms with van der Waals surface area (Å²) in [6, 6.07) is 0.779. The number of nitrogens with one attached hydrogen (secondary N) is 1. The van der Waals surface area contributed by atoms with E-state index in [1.807, 2.05) is 11.3 Å². The number of thiazole rings is 1. The number of aromatic nitrogens is 1. The van der Waals surface area contributed by atoms with Crippen LogP contribution in [-0.4, -0.2) is 24.1 Å². The molecule has 1 aromatic rings. The first-order valence-corrected chi connectivity index (χ1v) is 8.96. The molecule has 0 bridgehead atoms. The highest BCUT2D eigenvalue weighted by Crippen LogP contribution is 2.33. The Morgan fingerprint density at radius 2 is 1.95 bits per heavy atom. The average molecular weight is 293 g/mol. The number of rotatable bonds is 6. The molecule has 0 radical (unpaired) electrons. The number of hydrogen-bond acceptors (Lipinski definition) is 4. The minimum atomic E-state index is 0.779. The molecule has 112 valence electrons. The van der Waals surface area contributed by atoms with Crippen LogP contribution in [0.5, 0.6) is 0 Å². The Balaban J connectivity index is 1.71. The van der Waals surface area contributed by atoms with Gasteiger partial charge in [-0.3, -0.25) is 0 Å². The molecule has 1 saturated carbocycles. The van der Waals surface area contributed by atoms with Crippen molar-refractivity contribution in [3.8, 4) is 0 Å². The topological polar surface area (TPSA) is 28.2 Å². The van der Waals surface area contributed by atoms with Crippen LogP contribution < -0.4 is 10.2 Å². The first-order chi connectivity index (χ1) is 9.67. The maximum atomic E-state index is 4.95. The SMILES string of the molecule is CCCc1nc(N2CC(C)C(C)C2)sc1CNC1CC1. The third kappa shape index (κ3) is 3.17. The Morgan fingerprint density at radius 3 is 2.55 bits per heavy atom. The van der Waals surface area contributed by atoms with Gasteiger partial charge in [-0.1, -0.05) is 27.2 Å². The molecule has 4 heteroatoms. The molecule has 3 rings (SSSR count). The Labute approximate surface area is 126 Å². The van der Waals surface area contributed by atoms with Crippen molar-refractivity contribution in [2.24, 2.45) is 11.8 Å². The highest BCUT2D eigenvalue weighted by molar-refractivity contribution is 7.15. The van der Waals surface area contributed by atoms with Crippen LogP contribution in [0.2, 0.25) is 0 Å². The molecule has 0 amide bonds. The quantitative estimate of drug-likeness (QED) is 0.871. The van der Waals surface area contributed by atoms with Crippen molar-refractivity contribution in [2.45, 2.75) is 59.0 Å². The molecule has 2 unspecified atom stereocenters. The second-order valence-corrected chi connectivity index (χ2v) is 7.69. The van der Waals surface area contributed by atoms with Gasteiger partial charge in [0.25, 0.3) is 0 Å². The summed E-state index contributed by atoms with van der Waals surface area (Å²) in [6.45, 7) is 10.3. The van der Waals surface area contributed by atoms with E-state index in [4.69, 9.17) is 4.98 Å². The van der Waals surface area contributed by atoms with E-state index in [1.54, 1.807) is 0 Å². The molecule has 3 nitrogen and oxygen atoms in total. The van der Waals surface area contributed by atoms with Crippen molar-refractivity contribution in [1.29, 1.82) is 0 Å². The molecular weight excluding hydrogens is 266 g/mol. The monoisotopic (exact) mass is 293 g/mol. The second-order valence-electron chi connectivity index (χ2n) is 6.63. The molecule has 0 aromatic carbocycles. The van der Waals surface area contributed by atoms with Gasteiger partial charge in [0.1, 0.15) is 0 Å². The first kappa shape index (κ1) is 14.3. The molecule has 1 saturated heterocycles. The zero-order valence-electron chi connectivity index (χ0n) is 13.0. The minimum absolute atomic E-state index is 0.779. The smallest absolute Gasteiger partial charge is 0.185 e. The van der Waals surface area contributed by atoms with E-state index in [0.29, 0.717) is 0 Å². The summed E-state index contributed by atoms with van der Waals surface area (Å²) in [5, 5.41) is 4.91. The van der Waals surface area contributed by atoms with Crippen molar-refractivity contribution in [3.05, 3.63) is 10.6 Å². The number of nitrogens with zero attached hydrogens (tertiary/aromatic N) is 2. The third-order valence-corrected chi connectivity index (χ3v) is 5.80. The highest BCUT2D eigenvalue weighted by atomic mass is 32.1. The van der Waals surface area contributed by atoms with E-state index in [-0.39, 0.29) is 0 Å². The van der Waals surface area contributed by atoms with Crippen molar-refractivity contribution in [3.63, 3.8) is 0 Å². The minimum Gasteiger partial charge on any atom is -0.348 e. The Morgan fingerprint density at radius 1 is 1.25 bits per heavy atom. The molecule has 20 heavy (non-hydrogen) atoms. The molecule has 2 fully saturated rings. The van der Waals surface area contributed by atoms with Crippen molar-refractivity contribution in [2.75, 3.05) is 18.0 Å². The van der Waals surface area contributed by atoms with Gasteiger partial charge < -0.3 is 10.2 Å². The van der Waals surface area contributed by atoms with Gasteiger partial charge in [-0.25, -0.2) is 4.98 Å². The van der Waals surface area contributed by atoms with Crippen LogP contribution in [0.15, 0.2) is 0 Å². The second kappa shape index (κ2) is 6.02. The standard InChI is InChI=1S/C16H27N3S/c1-4-5-14-15(8-17-13-6-7-13)20-16(18-14)19-9-11(2)12(3)10-19/h11-13,17H,4-10H2,1-3H3. The summed E-state index contributed by atoms with van der Waals surface area (Å²) in [5.41, 5.74) is 1.34. The number of aryl methyl sites for hydroxylation is 1. The van der Waals surface area contributed by atoms with Crippen LogP contribution in [0.1, 0.15) is 50.6 Å². The lowest BCUT2D eigenvalue weighted by molar-refractivity contribution is 0.494. The van der Waals surface area contributed by atoms with Crippen LogP contribution >= 0.6 is 11.3 Å². The van der Waals surface area contributed by atoms with E-state index < -0.39 is 0 Å². The zero-order chi connectivity index (χ0) is 14.1. The van der Waals surface area contributed by atoms with E-state index >= 15 is 0 Å². The van der Waals surface area contributed by atoms with Gasteiger partial charge in [0.05, 0.1) is 5.69 Å². The maximum Gasteiger partial charge on any atom is 0.185 e. The molecule has 1 N–H and O–H groups in total. The van der Waals surface area contributed by atoms with Crippen LogP contribution in [0.4, 0.5) is 5.13 Å². The average Bonchev–Trinajstić information content (AvgIpc) is 3.08. The summed E-state index contributed by atoms with van der Waals surface area (Å²) in [5.74, 6) is 1.59. The lowest BCUT2D eigenvalue weighted by Gasteiger charge is -2.13. The number of hydrogen-bond donors (Lipinski definition) is 1. The van der Waals surface area contributed by atoms with Crippen LogP contribution in [0.25, 0.3) is 0 Å². The zero-order valence-corrected chi connectivity index (χ0v) is 13.8. The molecule has 1 aliphatic carbocycles. The van der Waals surface area contributed by atoms with E-state index in [0.717, 1.165) is 30.8 Å². The van der Waals surface area contributed by atoms with Gasteiger partial charge in [0, 0.05) is 30.6 Å². The summed E-state index contributed by atoms with van der Waals surface area (Å²) >= 11 is 1.92. The molecule has 1 aromatic heterocycles. The van der Waals surface area contributed by atoms with Gasteiger partial charge in [0.2, 0.25) is 0 Å². The molecule has 2 aliphatic rings. The third-order valence-electron chi connectivity index (χ3n) is 4.64. The van der Waals surface area contributed by atoms with E-state index in [2.05, 4.69) is 31.0 Å². The fourth-order valence-corrected chi connectivity index (χ4v) is 3.96. The fraction of sp³-hybridized carbons (Fsp3) is 0.812. The fourth-order valence-electron chi connectivity index (χ4n) is 2.89. The Hall–Kier alpha value is -0.610. The van der Waals surface area contributed by atoms with Gasteiger partial charge in [0.15, 0.2) is 5.13 Å². The first-order valence-electron chi connectivity index (χ1n) is 8.14. The van der Waals surface area contributed by atoms with E-state index in [9.17, 15) is 0 Å². The highest BCUT2D eigenvalue weighted by Gasteiger charge is 2.29. The molecular formula is C16H27N3S. The molecule has 2 heterocycles. The predicted octanol–water partition coefficient (Wildman–Crippen LogP) is 3.44. The van der Waals surface area contributed by atoms with Crippen molar-refractivity contribution in [1.82, 2.24) is 10.3 Å². The van der Waals surface area contributed by atoms with Crippen molar-refractivity contribution < 1.29 is 0 Å². The number of anilines is 1. The predicted molar refractivity (Wildman–Crippen MR) is 86.5 cm³/mol. The lowest BCUT2D eigenvalue weighted by atomic mass is 10.0. The summed E-state index contributed by atoms with van der Waals surface area (Å²) in [4.78, 5) is 8.93. The van der Waals surface area contributed by atoms with Gasteiger partial charge in [-0.05, 0) is 31.1 Å². The summed E-state index contributed by atoms with van der Waals surface area (Å²) < 4.78 is 0. The van der Waals surface area contributed by atoms with Crippen LogP contribution in [0.3, 0.4) is 0 Å². The maximum absolute atomic E-state index is 4.95. The normalized spacial score (nSPS) is 26.4. The van der Waals surface area contributed by atoms with Crippen molar-refractivity contribution >= 4 is 16.5 Å². The van der Waals surface area contributed by atoms with E-state index in [1.165, 1.54) is 48.1 Å².